The largest absolute Gasteiger partial charge is 0.484 e. The molecule has 0 radical (unpaired) electrons. The molecule has 5 nitrogen and oxygen atoms in total. The van der Waals surface area contributed by atoms with Crippen LogP contribution in [0.2, 0.25) is 0 Å². The zero-order valence-corrected chi connectivity index (χ0v) is 11.8. The Kier molecular flexibility index (Phi) is 3.84. The van der Waals surface area contributed by atoms with Crippen LogP contribution in [0.15, 0.2) is 18.2 Å². The number of hydrogen-bond acceptors (Lipinski definition) is 4. The Morgan fingerprint density at radius 1 is 1.60 bits per heavy atom. The van der Waals surface area contributed by atoms with Gasteiger partial charge in [0.1, 0.15) is 11.3 Å². The number of nitrogens with one attached hydrogen (secondary N) is 1. The molecule has 1 amide bonds. The lowest BCUT2D eigenvalue weighted by Gasteiger charge is -2.22. The molecule has 0 aliphatic heterocycles. The number of hydrogen-bond donors (Lipinski definition) is 2. The maximum atomic E-state index is 11.9. The third kappa shape index (κ3) is 3.21. The Bertz CT molecular complexity index is 561. The molecule has 1 saturated carbocycles. The number of aryl methyl sites for hydroxylation is 1. The molecule has 5 heteroatoms. The number of nitriles is 1. The molecule has 0 aromatic heterocycles. The SMILES string of the molecule is Cc1cc(N)ccc1OCC(=O)NC(C)(C#N)C1CC1. The quantitative estimate of drug-likeness (QED) is 0.800. The van der Waals surface area contributed by atoms with Gasteiger partial charge in [-0.15, -0.1) is 0 Å². The highest BCUT2D eigenvalue weighted by Crippen LogP contribution is 2.39. The molecule has 1 aliphatic carbocycles. The topological polar surface area (TPSA) is 88.1 Å². The van der Waals surface area contributed by atoms with Crippen LogP contribution in [0.4, 0.5) is 5.69 Å². The van der Waals surface area contributed by atoms with E-state index in [1.54, 1.807) is 25.1 Å². The van der Waals surface area contributed by atoms with Crippen LogP contribution in [-0.2, 0) is 4.79 Å². The van der Waals surface area contributed by atoms with Crippen molar-refractivity contribution in [1.82, 2.24) is 5.32 Å². The molecule has 106 valence electrons. The molecule has 0 bridgehead atoms. The van der Waals surface area contributed by atoms with E-state index in [1.807, 2.05) is 6.92 Å². The van der Waals surface area contributed by atoms with Crippen molar-refractivity contribution in [1.29, 1.82) is 5.26 Å². The highest BCUT2D eigenvalue weighted by atomic mass is 16.5. The van der Waals surface area contributed by atoms with E-state index < -0.39 is 5.54 Å². The molecular weight excluding hydrogens is 254 g/mol. The van der Waals surface area contributed by atoms with E-state index in [-0.39, 0.29) is 18.4 Å². The fraction of sp³-hybridized carbons (Fsp3) is 0.467. The molecule has 1 unspecified atom stereocenters. The van der Waals surface area contributed by atoms with Crippen LogP contribution < -0.4 is 15.8 Å². The number of benzene rings is 1. The van der Waals surface area contributed by atoms with Gasteiger partial charge in [-0.05, 0) is 56.4 Å². The van der Waals surface area contributed by atoms with Crippen molar-refractivity contribution in [3.05, 3.63) is 23.8 Å². The van der Waals surface area contributed by atoms with Gasteiger partial charge >= 0.3 is 0 Å². The lowest BCUT2D eigenvalue weighted by Crippen LogP contribution is -2.48. The highest BCUT2D eigenvalue weighted by Gasteiger charge is 2.43. The fourth-order valence-corrected chi connectivity index (χ4v) is 2.19. The molecule has 1 aromatic rings. The number of rotatable bonds is 5. The molecule has 1 aromatic carbocycles. The first-order chi connectivity index (χ1) is 9.44. The Labute approximate surface area is 118 Å². The lowest BCUT2D eigenvalue weighted by molar-refractivity contribution is -0.124. The number of amides is 1. The van der Waals surface area contributed by atoms with Gasteiger partial charge in [0, 0.05) is 5.69 Å². The molecule has 20 heavy (non-hydrogen) atoms. The van der Waals surface area contributed by atoms with Crippen molar-refractivity contribution < 1.29 is 9.53 Å². The standard InChI is InChI=1S/C15H19N3O2/c1-10-7-12(17)5-6-13(10)20-8-14(19)18-15(2,9-16)11-3-4-11/h5-7,11H,3-4,8,17H2,1-2H3,(H,18,19). The van der Waals surface area contributed by atoms with Gasteiger partial charge in [0.05, 0.1) is 6.07 Å². The number of nitrogens with zero attached hydrogens (tertiary/aromatic N) is 1. The van der Waals surface area contributed by atoms with E-state index in [1.165, 1.54) is 0 Å². The van der Waals surface area contributed by atoms with Crippen molar-refractivity contribution in [3.63, 3.8) is 0 Å². The first-order valence-electron chi connectivity index (χ1n) is 6.66. The summed E-state index contributed by atoms with van der Waals surface area (Å²) in [5.74, 6) is 0.603. The second-order valence-electron chi connectivity index (χ2n) is 5.45. The summed E-state index contributed by atoms with van der Waals surface area (Å²) in [5.41, 5.74) is 6.41. The smallest absolute Gasteiger partial charge is 0.259 e. The van der Waals surface area contributed by atoms with Crippen molar-refractivity contribution in [3.8, 4) is 11.8 Å². The normalized spacial score (nSPS) is 16.9. The third-order valence-corrected chi connectivity index (χ3v) is 3.58. The van der Waals surface area contributed by atoms with Gasteiger partial charge in [-0.25, -0.2) is 0 Å². The van der Waals surface area contributed by atoms with Crippen molar-refractivity contribution in [2.24, 2.45) is 5.92 Å². The van der Waals surface area contributed by atoms with Crippen molar-refractivity contribution >= 4 is 11.6 Å². The Hall–Kier alpha value is -2.22. The zero-order valence-electron chi connectivity index (χ0n) is 11.8. The maximum Gasteiger partial charge on any atom is 0.259 e. The molecule has 2 rings (SSSR count). The zero-order chi connectivity index (χ0) is 14.8. The van der Waals surface area contributed by atoms with Gasteiger partial charge in [0.2, 0.25) is 0 Å². The number of ether oxygens (including phenoxy) is 1. The van der Waals surface area contributed by atoms with Gasteiger partial charge in [-0.2, -0.15) is 5.26 Å². The van der Waals surface area contributed by atoms with Crippen LogP contribution in [0.3, 0.4) is 0 Å². The van der Waals surface area contributed by atoms with Crippen LogP contribution in [0, 0.1) is 24.2 Å². The van der Waals surface area contributed by atoms with Gasteiger partial charge in [-0.1, -0.05) is 0 Å². The second kappa shape index (κ2) is 5.41. The summed E-state index contributed by atoms with van der Waals surface area (Å²) in [6, 6.07) is 7.44. The first kappa shape index (κ1) is 14.2. The van der Waals surface area contributed by atoms with E-state index >= 15 is 0 Å². The van der Waals surface area contributed by atoms with E-state index in [4.69, 9.17) is 10.5 Å². The number of nitrogens with two attached hydrogens (primary N) is 1. The summed E-state index contributed by atoms with van der Waals surface area (Å²) in [7, 11) is 0. The summed E-state index contributed by atoms with van der Waals surface area (Å²) in [4.78, 5) is 11.9. The first-order valence-corrected chi connectivity index (χ1v) is 6.66. The molecule has 1 aliphatic rings. The van der Waals surface area contributed by atoms with Crippen LogP contribution in [0.25, 0.3) is 0 Å². The van der Waals surface area contributed by atoms with Crippen LogP contribution in [0.1, 0.15) is 25.3 Å². The third-order valence-electron chi connectivity index (χ3n) is 3.58. The molecular formula is C15H19N3O2. The maximum absolute atomic E-state index is 11.9. The molecule has 1 fully saturated rings. The summed E-state index contributed by atoms with van der Waals surface area (Å²) in [5, 5.41) is 11.9. The number of nitrogen functional groups attached to an aromatic ring is 1. The minimum absolute atomic E-state index is 0.102. The fourth-order valence-electron chi connectivity index (χ4n) is 2.19. The van der Waals surface area contributed by atoms with Crippen LogP contribution >= 0.6 is 0 Å². The van der Waals surface area contributed by atoms with Crippen LogP contribution in [-0.4, -0.2) is 18.1 Å². The summed E-state index contributed by atoms with van der Waals surface area (Å²) < 4.78 is 5.47. The second-order valence-corrected chi connectivity index (χ2v) is 5.45. The van der Waals surface area contributed by atoms with Gasteiger partial charge in [-0.3, -0.25) is 4.79 Å². The Balaban J connectivity index is 1.90. The van der Waals surface area contributed by atoms with Crippen LogP contribution in [0.5, 0.6) is 5.75 Å². The molecule has 3 N–H and O–H groups in total. The van der Waals surface area contributed by atoms with Crippen molar-refractivity contribution in [2.75, 3.05) is 12.3 Å². The number of anilines is 1. The number of carbonyl (C=O) groups excluding carboxylic acids is 1. The molecule has 0 saturated heterocycles. The van der Waals surface area contributed by atoms with Gasteiger partial charge in [0.25, 0.3) is 5.91 Å². The van der Waals surface area contributed by atoms with Gasteiger partial charge in [0.15, 0.2) is 6.61 Å². The molecule has 0 spiro atoms. The van der Waals surface area contributed by atoms with E-state index in [2.05, 4.69) is 11.4 Å². The highest BCUT2D eigenvalue weighted by molar-refractivity contribution is 5.79. The van der Waals surface area contributed by atoms with Gasteiger partial charge < -0.3 is 15.8 Å². The van der Waals surface area contributed by atoms with E-state index in [9.17, 15) is 10.1 Å². The summed E-state index contributed by atoms with van der Waals surface area (Å²) in [6.07, 6.45) is 1.98. The average Bonchev–Trinajstić information content (AvgIpc) is 3.22. The van der Waals surface area contributed by atoms with Crippen molar-refractivity contribution in [2.45, 2.75) is 32.2 Å². The summed E-state index contributed by atoms with van der Waals surface area (Å²) in [6.45, 7) is 3.53. The summed E-state index contributed by atoms with van der Waals surface area (Å²) >= 11 is 0. The van der Waals surface area contributed by atoms with E-state index in [0.717, 1.165) is 18.4 Å². The van der Waals surface area contributed by atoms with E-state index in [0.29, 0.717) is 11.4 Å². The molecule has 0 heterocycles. The molecule has 1 atom stereocenters. The predicted octanol–water partition coefficient (Wildman–Crippen LogP) is 1.76. The average molecular weight is 273 g/mol. The minimum Gasteiger partial charge on any atom is -0.484 e. The Morgan fingerprint density at radius 2 is 2.30 bits per heavy atom. The number of carbonyl (C=O) groups is 1. The monoisotopic (exact) mass is 273 g/mol. The Morgan fingerprint density at radius 3 is 2.85 bits per heavy atom. The lowest BCUT2D eigenvalue weighted by atomic mass is 9.98. The minimum atomic E-state index is -0.781. The predicted molar refractivity (Wildman–Crippen MR) is 76.0 cm³/mol.